The molecule has 5 rings (SSSR count). The third-order valence-electron chi connectivity index (χ3n) is 6.92. The number of nitrogens with zero attached hydrogens (tertiary/aromatic N) is 3. The van der Waals surface area contributed by atoms with Gasteiger partial charge in [-0.15, -0.1) is 0 Å². The van der Waals surface area contributed by atoms with Crippen LogP contribution in [0, 0.1) is 0 Å². The molecule has 2 aromatic carbocycles. The van der Waals surface area contributed by atoms with Crippen molar-refractivity contribution in [3.8, 4) is 17.0 Å². The van der Waals surface area contributed by atoms with Crippen molar-refractivity contribution in [3.05, 3.63) is 77.6 Å². The van der Waals surface area contributed by atoms with Crippen molar-refractivity contribution in [2.45, 2.75) is 32.7 Å². The van der Waals surface area contributed by atoms with Crippen molar-refractivity contribution >= 4 is 23.6 Å². The lowest BCUT2D eigenvalue weighted by molar-refractivity contribution is 0.0322. The first kappa shape index (κ1) is 29.8. The Balaban J connectivity index is 1.07. The predicted octanol–water partition coefficient (Wildman–Crippen LogP) is 4.65. The minimum atomic E-state index is -0.377. The van der Waals surface area contributed by atoms with Gasteiger partial charge in [0, 0.05) is 49.3 Å². The molecule has 4 N–H and O–H groups in total. The van der Waals surface area contributed by atoms with E-state index in [1.807, 2.05) is 45.0 Å². The summed E-state index contributed by atoms with van der Waals surface area (Å²) in [4.78, 5) is 27.3. The second-order valence-corrected chi connectivity index (χ2v) is 11.3. The Bertz CT molecular complexity index is 1500. The molecule has 12 nitrogen and oxygen atoms in total. The van der Waals surface area contributed by atoms with Crippen LogP contribution in [0.25, 0.3) is 11.3 Å². The van der Waals surface area contributed by atoms with Crippen LogP contribution in [-0.4, -0.2) is 71.6 Å². The molecule has 3 heterocycles. The Morgan fingerprint density at radius 2 is 1.72 bits per heavy atom. The Morgan fingerprint density at radius 1 is 0.977 bits per heavy atom. The molecule has 0 atom stereocenters. The number of carbonyl (C=O) groups excluding carboxylic acids is 2. The smallest absolute Gasteiger partial charge is 0.320 e. The monoisotopic (exact) mass is 587 g/mol. The minimum absolute atomic E-state index is 0.197. The lowest BCUT2D eigenvalue weighted by Crippen LogP contribution is -2.38. The Morgan fingerprint density at radius 3 is 2.42 bits per heavy atom. The molecule has 4 aromatic rings. The maximum atomic E-state index is 12.8. The summed E-state index contributed by atoms with van der Waals surface area (Å²) in [7, 11) is 0. The van der Waals surface area contributed by atoms with E-state index in [-0.39, 0.29) is 17.4 Å². The summed E-state index contributed by atoms with van der Waals surface area (Å²) in [6, 6.07) is 17.8. The number of rotatable bonds is 10. The van der Waals surface area contributed by atoms with Gasteiger partial charge in [-0.3, -0.25) is 20.1 Å². The zero-order valence-electron chi connectivity index (χ0n) is 24.6. The van der Waals surface area contributed by atoms with Gasteiger partial charge < -0.3 is 24.6 Å². The molecular weight excluding hydrogens is 550 g/mol. The van der Waals surface area contributed by atoms with Gasteiger partial charge in [-0.05, 0) is 35.4 Å². The van der Waals surface area contributed by atoms with Crippen LogP contribution in [-0.2, 0) is 16.7 Å². The molecule has 12 heteroatoms. The largest absolute Gasteiger partial charge is 0.492 e. The van der Waals surface area contributed by atoms with Crippen molar-refractivity contribution in [2.75, 3.05) is 50.1 Å². The molecule has 2 aromatic heterocycles. The van der Waals surface area contributed by atoms with Crippen LogP contribution in [0.5, 0.6) is 5.75 Å². The van der Waals surface area contributed by atoms with Gasteiger partial charge in [0.1, 0.15) is 18.1 Å². The molecule has 1 saturated heterocycles. The van der Waals surface area contributed by atoms with Crippen LogP contribution < -0.4 is 20.7 Å². The zero-order valence-corrected chi connectivity index (χ0v) is 24.6. The van der Waals surface area contributed by atoms with Gasteiger partial charge in [0.15, 0.2) is 11.6 Å². The van der Waals surface area contributed by atoms with E-state index >= 15 is 0 Å². The van der Waals surface area contributed by atoms with E-state index in [2.05, 4.69) is 36.2 Å². The highest BCUT2D eigenvalue weighted by Crippen LogP contribution is 2.24. The highest BCUT2D eigenvalue weighted by Gasteiger charge is 2.20. The highest BCUT2D eigenvalue weighted by atomic mass is 16.5. The number of aromatic nitrogens is 3. The average molecular weight is 588 g/mol. The van der Waals surface area contributed by atoms with Crippen LogP contribution in [0.2, 0.25) is 0 Å². The number of morpholine rings is 1. The maximum absolute atomic E-state index is 12.8. The molecular formula is C31H37N7O5. The first-order chi connectivity index (χ1) is 20.7. The van der Waals surface area contributed by atoms with E-state index in [0.717, 1.165) is 55.4 Å². The molecule has 0 unspecified atom stereocenters. The quantitative estimate of drug-likeness (QED) is 0.210. The van der Waals surface area contributed by atoms with E-state index in [1.54, 1.807) is 36.4 Å². The molecule has 43 heavy (non-hydrogen) atoms. The first-order valence-electron chi connectivity index (χ1n) is 14.2. The summed E-state index contributed by atoms with van der Waals surface area (Å²) in [6.07, 6.45) is 0. The van der Waals surface area contributed by atoms with Gasteiger partial charge in [0.25, 0.3) is 5.91 Å². The van der Waals surface area contributed by atoms with Crippen molar-refractivity contribution in [1.82, 2.24) is 25.6 Å². The van der Waals surface area contributed by atoms with Gasteiger partial charge in [-0.25, -0.2) is 4.79 Å². The lowest BCUT2D eigenvalue weighted by atomic mass is 9.93. The fourth-order valence-corrected chi connectivity index (χ4v) is 4.37. The van der Waals surface area contributed by atoms with Crippen LogP contribution in [0.15, 0.2) is 65.2 Å². The number of hydrogen-bond acceptors (Lipinski definition) is 8. The maximum Gasteiger partial charge on any atom is 0.320 e. The second kappa shape index (κ2) is 13.5. The Labute approximate surface area is 250 Å². The molecule has 1 fully saturated rings. The lowest BCUT2D eigenvalue weighted by Gasteiger charge is -2.26. The summed E-state index contributed by atoms with van der Waals surface area (Å²) in [5.74, 6) is 1.92. The summed E-state index contributed by atoms with van der Waals surface area (Å²) in [5, 5.41) is 19.4. The molecule has 0 saturated carbocycles. The van der Waals surface area contributed by atoms with Crippen LogP contribution in [0.1, 0.15) is 42.5 Å². The van der Waals surface area contributed by atoms with Crippen molar-refractivity contribution in [3.63, 3.8) is 0 Å². The first-order valence-corrected chi connectivity index (χ1v) is 14.2. The number of amides is 3. The number of anilines is 2. The fourth-order valence-electron chi connectivity index (χ4n) is 4.37. The topological polar surface area (TPSA) is 147 Å². The summed E-state index contributed by atoms with van der Waals surface area (Å²) in [6.45, 7) is 11.1. The molecule has 3 amide bonds. The van der Waals surface area contributed by atoms with Gasteiger partial charge in [0.2, 0.25) is 0 Å². The zero-order chi connectivity index (χ0) is 30.2. The molecule has 1 aliphatic rings. The molecule has 0 spiro atoms. The molecule has 0 bridgehead atoms. The molecule has 0 aliphatic carbocycles. The predicted molar refractivity (Wildman–Crippen MR) is 162 cm³/mol. The third kappa shape index (κ3) is 8.43. The second-order valence-electron chi connectivity index (χ2n) is 11.3. The van der Waals surface area contributed by atoms with Gasteiger partial charge in [0.05, 0.1) is 18.9 Å². The van der Waals surface area contributed by atoms with Gasteiger partial charge in [-0.1, -0.05) is 50.2 Å². The number of H-pyrrole nitrogens is 1. The van der Waals surface area contributed by atoms with Crippen LogP contribution >= 0.6 is 0 Å². The number of aromatic amines is 1. The van der Waals surface area contributed by atoms with E-state index in [0.29, 0.717) is 36.1 Å². The number of hydrogen-bond donors (Lipinski definition) is 4. The fraction of sp³-hybridized carbons (Fsp3) is 0.355. The van der Waals surface area contributed by atoms with E-state index in [1.165, 1.54) is 0 Å². The van der Waals surface area contributed by atoms with Crippen LogP contribution in [0.4, 0.5) is 16.4 Å². The number of nitrogens with one attached hydrogen (secondary N) is 4. The average Bonchev–Trinajstić information content (AvgIpc) is 3.67. The van der Waals surface area contributed by atoms with Crippen LogP contribution in [0.3, 0.4) is 0 Å². The Hall–Kier alpha value is -4.68. The molecule has 0 radical (unpaired) electrons. The standard InChI is InChI=1S/C31H37N7O5/c1-31(2,3)26-19-28(37-43-26)34-30(40)32-20-21-4-6-22(7-5-21)25-18-27(36-35-25)33-29(39)23-8-10-24(11-9-23)42-17-14-38-12-15-41-16-13-38/h4-11,18-19H,12-17,20H2,1-3H3,(H2,32,34,37,40)(H2,33,35,36,39). The number of carbonyl (C=O) groups is 2. The van der Waals surface area contributed by atoms with E-state index in [9.17, 15) is 9.59 Å². The summed E-state index contributed by atoms with van der Waals surface area (Å²) in [5.41, 5.74) is 2.85. The van der Waals surface area contributed by atoms with Crippen molar-refractivity contribution in [1.29, 1.82) is 0 Å². The third-order valence-corrected chi connectivity index (χ3v) is 6.92. The number of benzene rings is 2. The number of urea groups is 1. The molecule has 1 aliphatic heterocycles. The summed E-state index contributed by atoms with van der Waals surface area (Å²) >= 11 is 0. The van der Waals surface area contributed by atoms with Crippen molar-refractivity contribution < 1.29 is 23.6 Å². The molecule has 226 valence electrons. The SMILES string of the molecule is CC(C)(C)c1cc(NC(=O)NCc2ccc(-c3cc(NC(=O)c4ccc(OCCN5CCOCC5)cc4)n[nH]3)cc2)no1. The van der Waals surface area contributed by atoms with Crippen molar-refractivity contribution in [2.24, 2.45) is 0 Å². The van der Waals surface area contributed by atoms with Gasteiger partial charge in [-0.2, -0.15) is 5.10 Å². The van der Waals surface area contributed by atoms with E-state index in [4.69, 9.17) is 14.0 Å². The highest BCUT2D eigenvalue weighted by molar-refractivity contribution is 6.04. The normalized spacial score (nSPS) is 13.8. The van der Waals surface area contributed by atoms with Gasteiger partial charge >= 0.3 is 6.03 Å². The summed E-state index contributed by atoms with van der Waals surface area (Å²) < 4.78 is 16.5. The number of ether oxygens (including phenoxy) is 2. The van der Waals surface area contributed by atoms with E-state index < -0.39 is 0 Å². The Kier molecular flexibility index (Phi) is 9.38. The minimum Gasteiger partial charge on any atom is -0.492 e.